The van der Waals surface area contributed by atoms with E-state index in [1.807, 2.05) is 39.0 Å². The van der Waals surface area contributed by atoms with Gasteiger partial charge in [0.2, 0.25) is 0 Å². The van der Waals surface area contributed by atoms with Crippen molar-refractivity contribution in [2.24, 2.45) is 0 Å². The van der Waals surface area contributed by atoms with E-state index in [1.165, 1.54) is 16.3 Å². The van der Waals surface area contributed by atoms with E-state index in [9.17, 15) is 9.59 Å². The summed E-state index contributed by atoms with van der Waals surface area (Å²) in [4.78, 5) is 23.6. The molecule has 0 saturated heterocycles. The highest BCUT2D eigenvalue weighted by Crippen LogP contribution is 2.18. The van der Waals surface area contributed by atoms with Gasteiger partial charge >= 0.3 is 5.69 Å². The molecule has 1 aromatic carbocycles. The van der Waals surface area contributed by atoms with Crippen molar-refractivity contribution in [1.82, 2.24) is 14.8 Å². The Kier molecular flexibility index (Phi) is 4.44. The second-order valence-corrected chi connectivity index (χ2v) is 5.53. The van der Waals surface area contributed by atoms with Gasteiger partial charge in [0.05, 0.1) is 5.75 Å². The summed E-state index contributed by atoms with van der Waals surface area (Å²) < 4.78 is 1.51. The van der Waals surface area contributed by atoms with Gasteiger partial charge in [-0.05, 0) is 26.3 Å². The molecule has 0 spiro atoms. The number of nitrogens with one attached hydrogen (secondary N) is 1. The van der Waals surface area contributed by atoms with Gasteiger partial charge in [0, 0.05) is 12.1 Å². The van der Waals surface area contributed by atoms with Gasteiger partial charge in [-0.3, -0.25) is 9.36 Å². The molecule has 0 unspecified atom stereocenters. The number of hydrogen-bond acceptors (Lipinski definition) is 4. The van der Waals surface area contributed by atoms with Gasteiger partial charge in [0.1, 0.15) is 0 Å². The number of nitrogens with zero attached hydrogens (tertiary/aromatic N) is 2. The van der Waals surface area contributed by atoms with E-state index in [4.69, 9.17) is 0 Å². The van der Waals surface area contributed by atoms with Crippen molar-refractivity contribution in [3.63, 3.8) is 0 Å². The summed E-state index contributed by atoms with van der Waals surface area (Å²) in [6, 6.07) is 5.78. The summed E-state index contributed by atoms with van der Waals surface area (Å²) >= 11 is 1.28. The molecule has 0 aliphatic heterocycles. The first-order chi connectivity index (χ1) is 9.52. The highest BCUT2D eigenvalue weighted by molar-refractivity contribution is 7.99. The van der Waals surface area contributed by atoms with Crippen LogP contribution in [0.2, 0.25) is 0 Å². The fourth-order valence-electron chi connectivity index (χ4n) is 2.03. The molecular formula is C14H17N3O2S. The molecule has 0 amide bonds. The first-order valence-electron chi connectivity index (χ1n) is 6.41. The zero-order chi connectivity index (χ0) is 14.7. The summed E-state index contributed by atoms with van der Waals surface area (Å²) in [5.74, 6) is 0.319. The number of Topliss-reactive ketones (excluding diaryl/α,β-unsaturated/α-hetero) is 1. The van der Waals surface area contributed by atoms with Crippen LogP contribution in [0.3, 0.4) is 0 Å². The van der Waals surface area contributed by atoms with Crippen molar-refractivity contribution in [2.75, 3.05) is 5.75 Å². The van der Waals surface area contributed by atoms with Crippen LogP contribution in [0, 0.1) is 13.8 Å². The molecule has 0 saturated carbocycles. The maximum Gasteiger partial charge on any atom is 0.343 e. The van der Waals surface area contributed by atoms with E-state index in [1.54, 1.807) is 0 Å². The van der Waals surface area contributed by atoms with Crippen LogP contribution in [0.25, 0.3) is 0 Å². The van der Waals surface area contributed by atoms with Crippen LogP contribution < -0.4 is 5.69 Å². The number of hydrogen-bond donors (Lipinski definition) is 1. The number of carbonyl (C=O) groups excluding carboxylic acids is 1. The summed E-state index contributed by atoms with van der Waals surface area (Å²) in [6.45, 7) is 6.34. The number of thioether (sulfide) groups is 1. The lowest BCUT2D eigenvalue weighted by Crippen LogP contribution is -2.16. The number of benzene rings is 1. The number of rotatable bonds is 5. The highest BCUT2D eigenvalue weighted by atomic mass is 32.2. The minimum absolute atomic E-state index is 0.0469. The normalized spacial score (nSPS) is 10.8. The molecule has 6 heteroatoms. The van der Waals surface area contributed by atoms with Crippen LogP contribution in [0.5, 0.6) is 0 Å². The quantitative estimate of drug-likeness (QED) is 0.677. The standard InChI is InChI=1S/C14H17N3O2S/c1-4-17-13(19)15-16-14(17)20-8-12(18)11-6-5-9(2)7-10(11)3/h5-7H,4,8H2,1-3H3,(H,15,19). The molecule has 2 aromatic rings. The molecule has 20 heavy (non-hydrogen) atoms. The van der Waals surface area contributed by atoms with E-state index in [0.29, 0.717) is 11.7 Å². The molecule has 5 nitrogen and oxygen atoms in total. The van der Waals surface area contributed by atoms with E-state index in [-0.39, 0.29) is 17.2 Å². The Hall–Kier alpha value is -1.82. The average molecular weight is 291 g/mol. The van der Waals surface area contributed by atoms with Crippen LogP contribution >= 0.6 is 11.8 Å². The second-order valence-electron chi connectivity index (χ2n) is 4.59. The number of ketones is 1. The fraction of sp³-hybridized carbons (Fsp3) is 0.357. The largest absolute Gasteiger partial charge is 0.343 e. The Morgan fingerprint density at radius 2 is 2.15 bits per heavy atom. The van der Waals surface area contributed by atoms with Gasteiger partial charge in [-0.15, -0.1) is 5.10 Å². The molecule has 0 radical (unpaired) electrons. The Bertz CT molecular complexity index is 688. The van der Waals surface area contributed by atoms with Crippen LogP contribution in [0.4, 0.5) is 0 Å². The third-order valence-electron chi connectivity index (χ3n) is 3.05. The predicted octanol–water partition coefficient (Wildman–Crippen LogP) is 2.18. The average Bonchev–Trinajstić information content (AvgIpc) is 2.76. The Morgan fingerprint density at radius 1 is 1.40 bits per heavy atom. The van der Waals surface area contributed by atoms with Crippen molar-refractivity contribution in [3.8, 4) is 0 Å². The lowest BCUT2D eigenvalue weighted by molar-refractivity contribution is 0.102. The predicted molar refractivity (Wildman–Crippen MR) is 79.5 cm³/mol. The van der Waals surface area contributed by atoms with Crippen molar-refractivity contribution in [1.29, 1.82) is 0 Å². The van der Waals surface area contributed by atoms with Gasteiger partial charge in [0.25, 0.3) is 0 Å². The molecule has 0 aliphatic carbocycles. The minimum atomic E-state index is -0.242. The van der Waals surface area contributed by atoms with E-state index in [0.717, 1.165) is 16.7 Å². The Labute approximate surface area is 121 Å². The molecular weight excluding hydrogens is 274 g/mol. The fourth-order valence-corrected chi connectivity index (χ4v) is 2.92. The summed E-state index contributed by atoms with van der Waals surface area (Å²) in [7, 11) is 0. The number of aromatic nitrogens is 3. The molecule has 1 heterocycles. The maximum atomic E-state index is 12.2. The summed E-state index contributed by atoms with van der Waals surface area (Å²) in [5.41, 5.74) is 2.60. The first kappa shape index (κ1) is 14.6. The maximum absolute atomic E-state index is 12.2. The third-order valence-corrected chi connectivity index (χ3v) is 4.03. The van der Waals surface area contributed by atoms with Gasteiger partial charge in [0.15, 0.2) is 10.9 Å². The topological polar surface area (TPSA) is 67.8 Å². The van der Waals surface area contributed by atoms with E-state index in [2.05, 4.69) is 10.2 Å². The van der Waals surface area contributed by atoms with Gasteiger partial charge < -0.3 is 0 Å². The lowest BCUT2D eigenvalue weighted by atomic mass is 10.0. The van der Waals surface area contributed by atoms with E-state index < -0.39 is 0 Å². The van der Waals surface area contributed by atoms with Crippen molar-refractivity contribution >= 4 is 17.5 Å². The molecule has 1 N–H and O–H groups in total. The number of aromatic amines is 1. The van der Waals surface area contributed by atoms with Crippen molar-refractivity contribution in [3.05, 3.63) is 45.4 Å². The van der Waals surface area contributed by atoms with Gasteiger partial charge in [-0.2, -0.15) is 0 Å². The van der Waals surface area contributed by atoms with E-state index >= 15 is 0 Å². The lowest BCUT2D eigenvalue weighted by Gasteiger charge is -2.06. The summed E-state index contributed by atoms with van der Waals surface area (Å²) in [5, 5.41) is 6.87. The van der Waals surface area contributed by atoms with Crippen molar-refractivity contribution < 1.29 is 4.79 Å². The Balaban J connectivity index is 2.10. The van der Waals surface area contributed by atoms with Crippen LogP contribution in [-0.2, 0) is 6.54 Å². The smallest absolute Gasteiger partial charge is 0.293 e. The molecule has 1 aromatic heterocycles. The first-order valence-corrected chi connectivity index (χ1v) is 7.40. The second kappa shape index (κ2) is 6.09. The molecule has 0 atom stereocenters. The number of carbonyl (C=O) groups is 1. The van der Waals surface area contributed by atoms with Crippen LogP contribution in [0.1, 0.15) is 28.4 Å². The van der Waals surface area contributed by atoms with Crippen molar-refractivity contribution in [2.45, 2.75) is 32.5 Å². The number of H-pyrrole nitrogens is 1. The molecule has 106 valence electrons. The summed E-state index contributed by atoms with van der Waals surface area (Å²) in [6.07, 6.45) is 0. The molecule has 2 rings (SSSR count). The zero-order valence-electron chi connectivity index (χ0n) is 11.8. The zero-order valence-corrected chi connectivity index (χ0v) is 12.6. The third kappa shape index (κ3) is 3.01. The number of aryl methyl sites for hydroxylation is 2. The molecule has 0 fully saturated rings. The van der Waals surface area contributed by atoms with Crippen LogP contribution in [-0.4, -0.2) is 26.3 Å². The highest BCUT2D eigenvalue weighted by Gasteiger charge is 2.13. The van der Waals surface area contributed by atoms with Gasteiger partial charge in [-0.25, -0.2) is 9.89 Å². The van der Waals surface area contributed by atoms with Crippen LogP contribution in [0.15, 0.2) is 28.2 Å². The molecule has 0 bridgehead atoms. The van der Waals surface area contributed by atoms with Gasteiger partial charge in [-0.1, -0.05) is 35.5 Å². The Morgan fingerprint density at radius 3 is 2.80 bits per heavy atom. The SMILES string of the molecule is CCn1c(SCC(=O)c2ccc(C)cc2C)n[nH]c1=O. The minimum Gasteiger partial charge on any atom is -0.293 e. The monoisotopic (exact) mass is 291 g/mol. The molecule has 0 aliphatic rings.